The van der Waals surface area contributed by atoms with E-state index in [0.29, 0.717) is 12.2 Å². The van der Waals surface area contributed by atoms with Gasteiger partial charge in [0.1, 0.15) is 5.92 Å². The minimum atomic E-state index is -0.507. The number of hydrogen-bond acceptors (Lipinski definition) is 4. The SMILES string of the molecule is Cc1ccc(CC(C(=O)Nc2cccc(C)c2)c2nn[nH]n2)cc1. The van der Waals surface area contributed by atoms with E-state index in [9.17, 15) is 4.79 Å². The van der Waals surface area contributed by atoms with Crippen molar-refractivity contribution in [2.45, 2.75) is 26.2 Å². The van der Waals surface area contributed by atoms with E-state index in [0.717, 1.165) is 16.8 Å². The number of aryl methyl sites for hydroxylation is 2. The fourth-order valence-corrected chi connectivity index (χ4v) is 2.53. The summed E-state index contributed by atoms with van der Waals surface area (Å²) in [4.78, 5) is 12.8. The van der Waals surface area contributed by atoms with E-state index in [1.807, 2.05) is 62.4 Å². The topological polar surface area (TPSA) is 83.6 Å². The molecule has 1 aromatic heterocycles. The number of hydrogen-bond donors (Lipinski definition) is 2. The number of carbonyl (C=O) groups is 1. The number of tetrazole rings is 1. The summed E-state index contributed by atoms with van der Waals surface area (Å²) in [6.07, 6.45) is 0.511. The first kappa shape index (κ1) is 15.9. The molecular formula is C18H19N5O. The van der Waals surface area contributed by atoms with E-state index in [2.05, 4.69) is 25.9 Å². The Bertz CT molecular complexity index is 812. The number of benzene rings is 2. The number of nitrogens with one attached hydrogen (secondary N) is 2. The number of aromatic amines is 1. The highest BCUT2D eigenvalue weighted by Crippen LogP contribution is 2.20. The number of carbonyl (C=O) groups excluding carboxylic acids is 1. The average molecular weight is 321 g/mol. The van der Waals surface area contributed by atoms with Crippen LogP contribution in [0.15, 0.2) is 48.5 Å². The molecule has 1 amide bonds. The fraction of sp³-hybridized carbons (Fsp3) is 0.222. The van der Waals surface area contributed by atoms with Crippen LogP contribution < -0.4 is 5.32 Å². The summed E-state index contributed by atoms with van der Waals surface area (Å²) in [5.41, 5.74) is 4.08. The molecule has 0 bridgehead atoms. The first-order valence-corrected chi connectivity index (χ1v) is 7.78. The molecule has 6 heteroatoms. The molecule has 0 spiro atoms. The second-order valence-corrected chi connectivity index (χ2v) is 5.87. The van der Waals surface area contributed by atoms with E-state index in [1.165, 1.54) is 5.56 Å². The minimum absolute atomic E-state index is 0.150. The smallest absolute Gasteiger partial charge is 0.235 e. The minimum Gasteiger partial charge on any atom is -0.325 e. The average Bonchev–Trinajstić information content (AvgIpc) is 3.08. The molecule has 24 heavy (non-hydrogen) atoms. The number of amides is 1. The van der Waals surface area contributed by atoms with Gasteiger partial charge in [-0.1, -0.05) is 47.2 Å². The summed E-state index contributed by atoms with van der Waals surface area (Å²) in [6.45, 7) is 4.02. The molecule has 0 radical (unpaired) electrons. The Balaban J connectivity index is 1.82. The molecule has 6 nitrogen and oxygen atoms in total. The molecule has 1 atom stereocenters. The normalized spacial score (nSPS) is 11.9. The zero-order chi connectivity index (χ0) is 16.9. The maximum absolute atomic E-state index is 12.8. The third-order valence-corrected chi connectivity index (χ3v) is 3.84. The summed E-state index contributed by atoms with van der Waals surface area (Å²) in [5.74, 6) is -0.268. The van der Waals surface area contributed by atoms with Gasteiger partial charge in [0.15, 0.2) is 5.82 Å². The van der Waals surface area contributed by atoms with Crippen molar-refractivity contribution in [1.82, 2.24) is 20.6 Å². The van der Waals surface area contributed by atoms with Crippen LogP contribution in [0.4, 0.5) is 5.69 Å². The van der Waals surface area contributed by atoms with Crippen molar-refractivity contribution in [3.8, 4) is 0 Å². The second-order valence-electron chi connectivity index (χ2n) is 5.87. The maximum atomic E-state index is 12.8. The van der Waals surface area contributed by atoms with Crippen LogP contribution >= 0.6 is 0 Å². The Morgan fingerprint density at radius 2 is 1.92 bits per heavy atom. The summed E-state index contributed by atoms with van der Waals surface area (Å²) in [5, 5.41) is 17.0. The Morgan fingerprint density at radius 1 is 1.12 bits per heavy atom. The Kier molecular flexibility index (Phi) is 4.65. The number of H-pyrrole nitrogens is 1. The van der Waals surface area contributed by atoms with Gasteiger partial charge in [0, 0.05) is 5.69 Å². The van der Waals surface area contributed by atoms with E-state index >= 15 is 0 Å². The van der Waals surface area contributed by atoms with Crippen molar-refractivity contribution in [2.24, 2.45) is 0 Å². The third-order valence-electron chi connectivity index (χ3n) is 3.84. The highest BCUT2D eigenvalue weighted by Gasteiger charge is 2.25. The van der Waals surface area contributed by atoms with Gasteiger partial charge < -0.3 is 5.32 Å². The molecule has 1 unspecified atom stereocenters. The molecule has 0 aliphatic rings. The molecule has 2 aromatic carbocycles. The van der Waals surface area contributed by atoms with Crippen molar-refractivity contribution < 1.29 is 4.79 Å². The number of aromatic nitrogens is 4. The number of nitrogens with zero attached hydrogens (tertiary/aromatic N) is 3. The van der Waals surface area contributed by atoms with Gasteiger partial charge in [0.2, 0.25) is 5.91 Å². The van der Waals surface area contributed by atoms with Gasteiger partial charge >= 0.3 is 0 Å². The van der Waals surface area contributed by atoms with Crippen molar-refractivity contribution in [2.75, 3.05) is 5.32 Å². The molecular weight excluding hydrogens is 302 g/mol. The predicted molar refractivity (Wildman–Crippen MR) is 91.6 cm³/mol. The lowest BCUT2D eigenvalue weighted by atomic mass is 9.97. The molecule has 2 N–H and O–H groups in total. The van der Waals surface area contributed by atoms with E-state index < -0.39 is 5.92 Å². The molecule has 1 heterocycles. The largest absolute Gasteiger partial charge is 0.325 e. The summed E-state index contributed by atoms with van der Waals surface area (Å²) < 4.78 is 0. The lowest BCUT2D eigenvalue weighted by molar-refractivity contribution is -0.117. The van der Waals surface area contributed by atoms with Crippen LogP contribution in [0.3, 0.4) is 0 Å². The van der Waals surface area contributed by atoms with Crippen molar-refractivity contribution in [1.29, 1.82) is 0 Å². The molecule has 0 aliphatic carbocycles. The first-order chi connectivity index (χ1) is 11.6. The van der Waals surface area contributed by atoms with Crippen LogP contribution in [0.1, 0.15) is 28.4 Å². The maximum Gasteiger partial charge on any atom is 0.235 e. The van der Waals surface area contributed by atoms with Crippen molar-refractivity contribution in [3.05, 3.63) is 71.0 Å². The van der Waals surface area contributed by atoms with Crippen LogP contribution in [-0.4, -0.2) is 26.5 Å². The Hall–Kier alpha value is -3.02. The van der Waals surface area contributed by atoms with Crippen LogP contribution in [0.25, 0.3) is 0 Å². The molecule has 0 saturated heterocycles. The van der Waals surface area contributed by atoms with Crippen LogP contribution in [-0.2, 0) is 11.2 Å². The first-order valence-electron chi connectivity index (χ1n) is 7.78. The van der Waals surface area contributed by atoms with Crippen molar-refractivity contribution in [3.63, 3.8) is 0 Å². The van der Waals surface area contributed by atoms with E-state index in [-0.39, 0.29) is 5.91 Å². The molecule has 0 aliphatic heterocycles. The number of anilines is 1. The van der Waals surface area contributed by atoms with E-state index in [1.54, 1.807) is 0 Å². The van der Waals surface area contributed by atoms with E-state index in [4.69, 9.17) is 0 Å². The Labute approximate surface area is 140 Å². The molecule has 122 valence electrons. The van der Waals surface area contributed by atoms with Gasteiger partial charge in [0.05, 0.1) is 0 Å². The zero-order valence-electron chi connectivity index (χ0n) is 13.7. The molecule has 3 aromatic rings. The van der Waals surface area contributed by atoms with Gasteiger partial charge in [-0.05, 0) is 43.5 Å². The third kappa shape index (κ3) is 3.84. The lowest BCUT2D eigenvalue weighted by Gasteiger charge is -2.14. The van der Waals surface area contributed by atoms with Gasteiger partial charge in [-0.25, -0.2) is 0 Å². The fourth-order valence-electron chi connectivity index (χ4n) is 2.53. The molecule has 3 rings (SSSR count). The molecule has 0 fully saturated rings. The van der Waals surface area contributed by atoms with Gasteiger partial charge in [-0.3, -0.25) is 4.79 Å². The van der Waals surface area contributed by atoms with Crippen LogP contribution in [0, 0.1) is 13.8 Å². The second kappa shape index (κ2) is 7.04. The van der Waals surface area contributed by atoms with Crippen LogP contribution in [0.2, 0.25) is 0 Å². The summed E-state index contributed by atoms with van der Waals surface area (Å²) in [6, 6.07) is 15.8. The highest BCUT2D eigenvalue weighted by molar-refractivity contribution is 5.95. The highest BCUT2D eigenvalue weighted by atomic mass is 16.1. The standard InChI is InChI=1S/C18H19N5O/c1-12-6-8-14(9-7-12)11-16(17-20-22-23-21-17)18(24)19-15-5-3-4-13(2)10-15/h3-10,16H,11H2,1-2H3,(H,19,24)(H,20,21,22,23). The predicted octanol–water partition coefficient (Wildman–Crippen LogP) is 2.78. The van der Waals surface area contributed by atoms with Crippen molar-refractivity contribution >= 4 is 11.6 Å². The molecule has 0 saturated carbocycles. The zero-order valence-corrected chi connectivity index (χ0v) is 13.7. The number of rotatable bonds is 5. The van der Waals surface area contributed by atoms with Gasteiger partial charge in [-0.2, -0.15) is 5.21 Å². The van der Waals surface area contributed by atoms with Gasteiger partial charge in [0.25, 0.3) is 0 Å². The monoisotopic (exact) mass is 321 g/mol. The summed E-state index contributed by atoms with van der Waals surface area (Å²) in [7, 11) is 0. The quantitative estimate of drug-likeness (QED) is 0.757. The van der Waals surface area contributed by atoms with Gasteiger partial charge in [-0.15, -0.1) is 10.2 Å². The van der Waals surface area contributed by atoms with Crippen LogP contribution in [0.5, 0.6) is 0 Å². The summed E-state index contributed by atoms with van der Waals surface area (Å²) >= 11 is 0. The lowest BCUT2D eigenvalue weighted by Crippen LogP contribution is -2.24. The Morgan fingerprint density at radius 3 is 2.58 bits per heavy atom.